The number of hydrogen-bond acceptors (Lipinski definition) is 3. The van der Waals surface area contributed by atoms with Crippen LogP contribution in [0.2, 0.25) is 0 Å². The molecule has 23 heavy (non-hydrogen) atoms. The van der Waals surface area contributed by atoms with Crippen LogP contribution in [0.4, 0.5) is 0 Å². The molecule has 0 bridgehead atoms. The highest BCUT2D eigenvalue weighted by atomic mass is 16.4. The summed E-state index contributed by atoms with van der Waals surface area (Å²) in [5, 5.41) is 9.16. The molecule has 1 N–H and O–H groups in total. The zero-order valence-electron chi connectivity index (χ0n) is 13.4. The van der Waals surface area contributed by atoms with Crippen LogP contribution >= 0.6 is 0 Å². The van der Waals surface area contributed by atoms with Gasteiger partial charge in [0.05, 0.1) is 11.4 Å². The number of unbranched alkanes of at least 4 members (excludes halogenated alkanes) is 4. The van der Waals surface area contributed by atoms with Crippen LogP contribution in [0.15, 0.2) is 41.3 Å². The van der Waals surface area contributed by atoms with Gasteiger partial charge in [0.2, 0.25) is 0 Å². The van der Waals surface area contributed by atoms with Crippen molar-refractivity contribution in [2.75, 3.05) is 0 Å². The molecule has 0 aromatic carbocycles. The van der Waals surface area contributed by atoms with Crippen LogP contribution in [-0.2, 0) is 6.54 Å². The highest BCUT2D eigenvalue weighted by molar-refractivity contribution is 5.87. The number of carbonyl (C=O) groups is 1. The van der Waals surface area contributed by atoms with Crippen LogP contribution in [0.5, 0.6) is 0 Å². The third-order valence-corrected chi connectivity index (χ3v) is 3.82. The summed E-state index contributed by atoms with van der Waals surface area (Å²) in [6.45, 7) is 2.66. The number of aromatic nitrogens is 2. The summed E-state index contributed by atoms with van der Waals surface area (Å²) in [4.78, 5) is 28.0. The molecule has 2 aromatic heterocycles. The minimum Gasteiger partial charge on any atom is -0.477 e. The Morgan fingerprint density at radius 2 is 1.91 bits per heavy atom. The third kappa shape index (κ3) is 4.28. The lowest BCUT2D eigenvalue weighted by atomic mass is 10.1. The first-order valence-electron chi connectivity index (χ1n) is 8.03. The number of pyridine rings is 2. The maximum atomic E-state index is 12.5. The van der Waals surface area contributed by atoms with Crippen molar-refractivity contribution in [3.05, 3.63) is 52.4 Å². The van der Waals surface area contributed by atoms with Gasteiger partial charge in [0.1, 0.15) is 5.56 Å². The Kier molecular flexibility index (Phi) is 6.09. The molecule has 2 aromatic rings. The van der Waals surface area contributed by atoms with Gasteiger partial charge in [0.25, 0.3) is 5.56 Å². The van der Waals surface area contributed by atoms with E-state index in [1.165, 1.54) is 17.1 Å². The second-order valence-electron chi connectivity index (χ2n) is 5.52. The van der Waals surface area contributed by atoms with E-state index in [1.807, 2.05) is 18.2 Å². The standard InChI is InChI=1S/C18H22N2O3/c1-2-3-4-5-8-13-20-16(15-9-6-7-12-19-15)11-10-14(17(20)21)18(22)23/h6-7,9-12H,2-5,8,13H2,1H3,(H,22,23). The first-order chi connectivity index (χ1) is 11.1. The first-order valence-corrected chi connectivity index (χ1v) is 8.03. The number of hydrogen-bond donors (Lipinski definition) is 1. The van der Waals surface area contributed by atoms with E-state index in [9.17, 15) is 9.59 Å². The van der Waals surface area contributed by atoms with Crippen LogP contribution in [0.1, 0.15) is 49.4 Å². The van der Waals surface area contributed by atoms with Crippen LogP contribution in [0.25, 0.3) is 11.4 Å². The van der Waals surface area contributed by atoms with Crippen molar-refractivity contribution in [3.63, 3.8) is 0 Å². The summed E-state index contributed by atoms with van der Waals surface area (Å²) in [6, 6.07) is 8.51. The van der Waals surface area contributed by atoms with E-state index in [2.05, 4.69) is 11.9 Å². The predicted molar refractivity (Wildman–Crippen MR) is 89.7 cm³/mol. The molecule has 2 rings (SSSR count). The van der Waals surface area contributed by atoms with Gasteiger partial charge in [-0.05, 0) is 30.7 Å². The van der Waals surface area contributed by atoms with Crippen molar-refractivity contribution >= 4 is 5.97 Å². The van der Waals surface area contributed by atoms with Gasteiger partial charge in [0, 0.05) is 12.7 Å². The maximum Gasteiger partial charge on any atom is 0.341 e. The lowest BCUT2D eigenvalue weighted by Gasteiger charge is -2.13. The van der Waals surface area contributed by atoms with Gasteiger partial charge in [-0.25, -0.2) is 4.79 Å². The second-order valence-corrected chi connectivity index (χ2v) is 5.52. The Bertz CT molecular complexity index is 708. The molecule has 0 fully saturated rings. The molecular weight excluding hydrogens is 292 g/mol. The van der Waals surface area contributed by atoms with Gasteiger partial charge in [-0.2, -0.15) is 0 Å². The molecule has 0 aliphatic rings. The van der Waals surface area contributed by atoms with Crippen LogP contribution in [-0.4, -0.2) is 20.6 Å². The molecule has 0 saturated carbocycles. The third-order valence-electron chi connectivity index (χ3n) is 3.82. The minimum atomic E-state index is -1.19. The van der Waals surface area contributed by atoms with Gasteiger partial charge < -0.3 is 9.67 Å². The Hall–Kier alpha value is -2.43. The molecular formula is C18H22N2O3. The van der Waals surface area contributed by atoms with E-state index in [-0.39, 0.29) is 5.56 Å². The summed E-state index contributed by atoms with van der Waals surface area (Å²) in [5.74, 6) is -1.19. The largest absolute Gasteiger partial charge is 0.477 e. The van der Waals surface area contributed by atoms with Crippen LogP contribution < -0.4 is 5.56 Å². The van der Waals surface area contributed by atoms with E-state index in [4.69, 9.17) is 5.11 Å². The fraction of sp³-hybridized carbons (Fsp3) is 0.389. The average molecular weight is 314 g/mol. The summed E-state index contributed by atoms with van der Waals surface area (Å²) < 4.78 is 1.54. The Morgan fingerprint density at radius 1 is 1.13 bits per heavy atom. The number of rotatable bonds is 8. The number of nitrogens with zero attached hydrogens (tertiary/aromatic N) is 2. The second kappa shape index (κ2) is 8.27. The van der Waals surface area contributed by atoms with Gasteiger partial charge >= 0.3 is 5.97 Å². The molecule has 0 radical (unpaired) electrons. The Labute approximate surface area is 135 Å². The SMILES string of the molecule is CCCCCCCn1c(-c2ccccn2)ccc(C(=O)O)c1=O. The summed E-state index contributed by atoms with van der Waals surface area (Å²) in [7, 11) is 0. The van der Waals surface area contributed by atoms with Gasteiger partial charge in [0.15, 0.2) is 0 Å². The van der Waals surface area contributed by atoms with Crippen molar-refractivity contribution in [2.24, 2.45) is 0 Å². The van der Waals surface area contributed by atoms with E-state index in [0.717, 1.165) is 25.7 Å². The predicted octanol–water partition coefficient (Wildman–Crippen LogP) is 3.58. The zero-order valence-corrected chi connectivity index (χ0v) is 13.4. The Balaban J connectivity index is 2.32. The number of aromatic carboxylic acids is 1. The minimum absolute atomic E-state index is 0.196. The van der Waals surface area contributed by atoms with Crippen LogP contribution in [0, 0.1) is 0 Å². The average Bonchev–Trinajstić information content (AvgIpc) is 2.56. The van der Waals surface area contributed by atoms with Crippen molar-refractivity contribution in [1.29, 1.82) is 0 Å². The molecule has 0 aliphatic heterocycles. The van der Waals surface area contributed by atoms with Crippen molar-refractivity contribution in [2.45, 2.75) is 45.6 Å². The number of carboxylic acid groups (broad SMARTS) is 1. The molecule has 0 saturated heterocycles. The molecule has 0 unspecified atom stereocenters. The molecule has 0 aliphatic carbocycles. The molecule has 0 atom stereocenters. The molecule has 5 heteroatoms. The van der Waals surface area contributed by atoms with Gasteiger partial charge in [-0.1, -0.05) is 38.7 Å². The molecule has 5 nitrogen and oxygen atoms in total. The van der Waals surface area contributed by atoms with E-state index in [1.54, 1.807) is 12.3 Å². The van der Waals surface area contributed by atoms with E-state index >= 15 is 0 Å². The summed E-state index contributed by atoms with van der Waals surface area (Å²) in [6.07, 6.45) is 7.01. The fourth-order valence-electron chi connectivity index (χ4n) is 2.57. The smallest absolute Gasteiger partial charge is 0.341 e. The number of carboxylic acids is 1. The summed E-state index contributed by atoms with van der Waals surface area (Å²) >= 11 is 0. The molecule has 0 spiro atoms. The van der Waals surface area contributed by atoms with Crippen LogP contribution in [0.3, 0.4) is 0 Å². The Morgan fingerprint density at radius 3 is 2.57 bits per heavy atom. The van der Waals surface area contributed by atoms with E-state index < -0.39 is 11.5 Å². The maximum absolute atomic E-state index is 12.5. The fourth-order valence-corrected chi connectivity index (χ4v) is 2.57. The summed E-state index contributed by atoms with van der Waals surface area (Å²) in [5.41, 5.74) is 0.681. The topological polar surface area (TPSA) is 72.2 Å². The molecule has 122 valence electrons. The molecule has 0 amide bonds. The lowest BCUT2D eigenvalue weighted by Crippen LogP contribution is -2.27. The van der Waals surface area contributed by atoms with Gasteiger partial charge in [-0.15, -0.1) is 0 Å². The van der Waals surface area contributed by atoms with Crippen molar-refractivity contribution in [3.8, 4) is 11.4 Å². The highest BCUT2D eigenvalue weighted by Crippen LogP contribution is 2.16. The first kappa shape index (κ1) is 16.9. The monoisotopic (exact) mass is 314 g/mol. The lowest BCUT2D eigenvalue weighted by molar-refractivity contribution is 0.0694. The van der Waals surface area contributed by atoms with Gasteiger partial charge in [-0.3, -0.25) is 9.78 Å². The normalized spacial score (nSPS) is 10.7. The van der Waals surface area contributed by atoms with Crippen molar-refractivity contribution in [1.82, 2.24) is 9.55 Å². The van der Waals surface area contributed by atoms with Crippen molar-refractivity contribution < 1.29 is 9.90 Å². The highest BCUT2D eigenvalue weighted by Gasteiger charge is 2.15. The molecule has 2 heterocycles. The quantitative estimate of drug-likeness (QED) is 0.756. The zero-order chi connectivity index (χ0) is 16.7. The van der Waals surface area contributed by atoms with E-state index in [0.29, 0.717) is 17.9 Å².